The molecule has 2 N–H and O–H groups in total. The smallest absolute Gasteiger partial charge is 0.306 e. The minimum absolute atomic E-state index is 0.328. The molecule has 0 aromatic rings. The molecule has 0 bridgehead atoms. The van der Waals surface area contributed by atoms with Crippen molar-refractivity contribution in [3.8, 4) is 0 Å². The van der Waals surface area contributed by atoms with Crippen molar-refractivity contribution >= 4 is 11.7 Å². The van der Waals surface area contributed by atoms with Crippen molar-refractivity contribution in [3.63, 3.8) is 0 Å². The standard InChI is InChI=1S/C6H9NO3/c8-6(9)4-1-2-5(3-4)7-10/h4,10H,1-3H2,(H,8,9)/t4-/m0/s1. The topological polar surface area (TPSA) is 69.9 Å². The molecule has 0 aliphatic heterocycles. The highest BCUT2D eigenvalue weighted by Crippen LogP contribution is 2.22. The number of carbonyl (C=O) groups is 1. The third-order valence-corrected chi connectivity index (χ3v) is 1.75. The fraction of sp³-hybridized carbons (Fsp3) is 0.667. The molecule has 4 heteroatoms. The van der Waals surface area contributed by atoms with Crippen LogP contribution in [0.25, 0.3) is 0 Å². The highest BCUT2D eigenvalue weighted by Gasteiger charge is 2.26. The monoisotopic (exact) mass is 143 g/mol. The molecule has 0 heterocycles. The second-order valence-electron chi connectivity index (χ2n) is 2.44. The van der Waals surface area contributed by atoms with Crippen molar-refractivity contribution in [1.29, 1.82) is 0 Å². The zero-order valence-electron chi connectivity index (χ0n) is 5.45. The molecule has 1 rings (SSSR count). The summed E-state index contributed by atoms with van der Waals surface area (Å²) < 4.78 is 0. The molecular weight excluding hydrogens is 134 g/mol. The lowest BCUT2D eigenvalue weighted by molar-refractivity contribution is -0.141. The van der Waals surface area contributed by atoms with E-state index in [9.17, 15) is 4.79 Å². The van der Waals surface area contributed by atoms with Gasteiger partial charge in [-0.1, -0.05) is 5.16 Å². The molecule has 0 spiro atoms. The average Bonchev–Trinajstić information content (AvgIpc) is 2.34. The Kier molecular flexibility index (Phi) is 1.89. The van der Waals surface area contributed by atoms with E-state index in [1.807, 2.05) is 0 Å². The first-order chi connectivity index (χ1) is 4.74. The van der Waals surface area contributed by atoms with Gasteiger partial charge in [-0.15, -0.1) is 0 Å². The first kappa shape index (κ1) is 7.05. The molecule has 1 atom stereocenters. The van der Waals surface area contributed by atoms with Gasteiger partial charge in [-0.05, 0) is 12.8 Å². The van der Waals surface area contributed by atoms with E-state index in [1.54, 1.807) is 0 Å². The van der Waals surface area contributed by atoms with Crippen molar-refractivity contribution in [3.05, 3.63) is 0 Å². The maximum Gasteiger partial charge on any atom is 0.306 e. The Morgan fingerprint density at radius 3 is 2.70 bits per heavy atom. The van der Waals surface area contributed by atoms with Crippen LogP contribution in [0.2, 0.25) is 0 Å². The third kappa shape index (κ3) is 1.26. The molecule has 0 amide bonds. The summed E-state index contributed by atoms with van der Waals surface area (Å²) in [6, 6.07) is 0. The Labute approximate surface area is 58.2 Å². The van der Waals surface area contributed by atoms with Gasteiger partial charge < -0.3 is 10.3 Å². The SMILES string of the molecule is O=C(O)[C@H]1CCC(=NO)C1. The van der Waals surface area contributed by atoms with Gasteiger partial charge in [0.1, 0.15) is 0 Å². The second-order valence-corrected chi connectivity index (χ2v) is 2.44. The van der Waals surface area contributed by atoms with Crippen LogP contribution in [0.15, 0.2) is 5.16 Å². The van der Waals surface area contributed by atoms with E-state index in [1.165, 1.54) is 0 Å². The highest BCUT2D eigenvalue weighted by molar-refractivity contribution is 5.90. The number of carboxylic acids is 1. The molecule has 4 nitrogen and oxygen atoms in total. The zero-order chi connectivity index (χ0) is 7.56. The molecular formula is C6H9NO3. The molecule has 10 heavy (non-hydrogen) atoms. The lowest BCUT2D eigenvalue weighted by Crippen LogP contribution is -2.09. The van der Waals surface area contributed by atoms with Crippen molar-refractivity contribution in [1.82, 2.24) is 0 Å². The van der Waals surface area contributed by atoms with Crippen molar-refractivity contribution < 1.29 is 15.1 Å². The van der Waals surface area contributed by atoms with E-state index in [0.717, 1.165) is 0 Å². The third-order valence-electron chi connectivity index (χ3n) is 1.75. The van der Waals surface area contributed by atoms with E-state index < -0.39 is 5.97 Å². The van der Waals surface area contributed by atoms with Crippen LogP contribution in [0, 0.1) is 5.92 Å². The van der Waals surface area contributed by atoms with Crippen LogP contribution in [0.5, 0.6) is 0 Å². The van der Waals surface area contributed by atoms with Gasteiger partial charge in [0.2, 0.25) is 0 Å². The summed E-state index contributed by atoms with van der Waals surface area (Å²) in [4.78, 5) is 10.3. The molecule has 0 radical (unpaired) electrons. The molecule has 1 aliphatic rings. The molecule has 0 aromatic carbocycles. The predicted molar refractivity (Wildman–Crippen MR) is 34.2 cm³/mol. The number of oxime groups is 1. The number of hydrogen-bond acceptors (Lipinski definition) is 3. The summed E-state index contributed by atoms with van der Waals surface area (Å²) in [7, 11) is 0. The number of rotatable bonds is 1. The summed E-state index contributed by atoms with van der Waals surface area (Å²) in [5.41, 5.74) is 0.604. The van der Waals surface area contributed by atoms with Crippen LogP contribution in [-0.4, -0.2) is 22.0 Å². The van der Waals surface area contributed by atoms with Crippen LogP contribution < -0.4 is 0 Å². The molecule has 0 saturated heterocycles. The first-order valence-corrected chi connectivity index (χ1v) is 3.16. The summed E-state index contributed by atoms with van der Waals surface area (Å²) in [5, 5.41) is 19.7. The largest absolute Gasteiger partial charge is 0.481 e. The van der Waals surface area contributed by atoms with Gasteiger partial charge in [0.25, 0.3) is 0 Å². The first-order valence-electron chi connectivity index (χ1n) is 3.16. The Bertz CT molecular complexity index is 176. The van der Waals surface area contributed by atoms with E-state index in [4.69, 9.17) is 10.3 Å². The van der Waals surface area contributed by atoms with Gasteiger partial charge in [-0.2, -0.15) is 0 Å². The Morgan fingerprint density at radius 1 is 1.70 bits per heavy atom. The van der Waals surface area contributed by atoms with Crippen LogP contribution in [0.3, 0.4) is 0 Å². The fourth-order valence-electron chi connectivity index (χ4n) is 1.13. The second kappa shape index (κ2) is 2.68. The normalized spacial score (nSPS) is 29.2. The van der Waals surface area contributed by atoms with Gasteiger partial charge in [0, 0.05) is 6.42 Å². The van der Waals surface area contributed by atoms with Crippen LogP contribution >= 0.6 is 0 Å². The Hall–Kier alpha value is -1.06. The number of nitrogens with zero attached hydrogens (tertiary/aromatic N) is 1. The Morgan fingerprint density at radius 2 is 2.40 bits per heavy atom. The van der Waals surface area contributed by atoms with Gasteiger partial charge >= 0.3 is 5.97 Å². The molecule has 1 aliphatic carbocycles. The lowest BCUT2D eigenvalue weighted by Gasteiger charge is -1.97. The maximum atomic E-state index is 10.3. The van der Waals surface area contributed by atoms with Gasteiger partial charge in [-0.3, -0.25) is 4.79 Å². The highest BCUT2D eigenvalue weighted by atomic mass is 16.4. The van der Waals surface area contributed by atoms with Gasteiger partial charge in [0.15, 0.2) is 0 Å². The fourth-order valence-corrected chi connectivity index (χ4v) is 1.13. The molecule has 0 aromatic heterocycles. The zero-order valence-corrected chi connectivity index (χ0v) is 5.45. The summed E-state index contributed by atoms with van der Waals surface area (Å²) in [5.74, 6) is -1.12. The number of hydrogen-bond donors (Lipinski definition) is 2. The van der Waals surface area contributed by atoms with E-state index in [0.29, 0.717) is 25.0 Å². The van der Waals surface area contributed by atoms with Crippen molar-refractivity contribution in [2.75, 3.05) is 0 Å². The molecule has 56 valence electrons. The maximum absolute atomic E-state index is 10.3. The van der Waals surface area contributed by atoms with Crippen molar-refractivity contribution in [2.24, 2.45) is 11.1 Å². The molecule has 1 fully saturated rings. The summed E-state index contributed by atoms with van der Waals surface area (Å²) >= 11 is 0. The molecule has 1 saturated carbocycles. The summed E-state index contributed by atoms with van der Waals surface area (Å²) in [6.07, 6.45) is 1.63. The predicted octanol–water partition coefficient (Wildman–Crippen LogP) is 0.701. The lowest BCUT2D eigenvalue weighted by atomic mass is 10.1. The van der Waals surface area contributed by atoms with Gasteiger partial charge in [-0.25, -0.2) is 0 Å². The van der Waals surface area contributed by atoms with Crippen LogP contribution in [0.1, 0.15) is 19.3 Å². The number of aliphatic carboxylic acids is 1. The van der Waals surface area contributed by atoms with Gasteiger partial charge in [0.05, 0.1) is 11.6 Å². The van der Waals surface area contributed by atoms with E-state index in [-0.39, 0.29) is 5.92 Å². The molecule has 0 unspecified atom stereocenters. The van der Waals surface area contributed by atoms with Crippen LogP contribution in [0.4, 0.5) is 0 Å². The van der Waals surface area contributed by atoms with E-state index >= 15 is 0 Å². The summed E-state index contributed by atoms with van der Waals surface area (Å²) in [6.45, 7) is 0. The minimum Gasteiger partial charge on any atom is -0.481 e. The van der Waals surface area contributed by atoms with E-state index in [2.05, 4.69) is 5.16 Å². The number of carboxylic acid groups (broad SMARTS) is 1. The Balaban J connectivity index is 2.51. The minimum atomic E-state index is -0.793. The van der Waals surface area contributed by atoms with Crippen LogP contribution in [-0.2, 0) is 4.79 Å². The quantitative estimate of drug-likeness (QED) is 0.419. The average molecular weight is 143 g/mol. The van der Waals surface area contributed by atoms with Crippen molar-refractivity contribution in [2.45, 2.75) is 19.3 Å².